The van der Waals surface area contributed by atoms with Crippen molar-refractivity contribution in [2.24, 2.45) is 5.73 Å². The van der Waals surface area contributed by atoms with Gasteiger partial charge in [-0.15, -0.1) is 0 Å². The van der Waals surface area contributed by atoms with Crippen molar-refractivity contribution in [1.29, 1.82) is 0 Å². The molecule has 0 aromatic carbocycles. The Morgan fingerprint density at radius 1 is 0.586 bits per heavy atom. The van der Waals surface area contributed by atoms with Gasteiger partial charge >= 0.3 is 19.8 Å². The minimum Gasteiger partial charge on any atom is -0.462 e. The number of ether oxygens (including phenoxy) is 2. The normalized spacial score (nSPS) is 14.4. The minimum absolute atomic E-state index is 0.0181. The van der Waals surface area contributed by atoms with Crippen LogP contribution in [-0.2, 0) is 37.5 Å². The second-order valence-corrected chi connectivity index (χ2v) is 14.6. The molecule has 0 rings (SSSR count). The Balaban J connectivity index is 4.47. The standard InChI is InChI=1S/C47H72NO9P/c1-3-5-7-8-9-10-11-12-13-14-15-16-17-18-21-25-28-31-35-39-47(51)57-45(43-56-58(52,53)55-41-40-48)42-54-46(50)38-34-30-27-24-22-19-20-23-26-29-33-37-44(49)36-32-6-4-2/h5,7,9-10,12-13,15-16,18-21,24,26-29,31,33,37,45H,3-4,6,8,11,14,17,22-23,25,30,32,34-36,38-43,48H2,1-2H3,(H,52,53)/b7-5-,10-9-,13-12-,16-15-,20-19-,21-18-,27-24-,29-26-,31-28-,37-33+/t45-/m1/s1. The average molecular weight is 826 g/mol. The number of hydrogen-bond donors (Lipinski definition) is 2. The van der Waals surface area contributed by atoms with Crippen molar-refractivity contribution in [3.8, 4) is 0 Å². The molecule has 0 radical (unpaired) electrons. The summed E-state index contributed by atoms with van der Waals surface area (Å²) in [6, 6.07) is 0. The number of unbranched alkanes of at least 4 members (excludes halogenated alkanes) is 3. The number of esters is 2. The number of hydrogen-bond acceptors (Lipinski definition) is 9. The number of allylic oxidation sites excluding steroid dienone is 20. The SMILES string of the molecule is CC/C=C\C/C=C\C/C=C\C/C=C\C/C=C\C/C=C\CCC(=O)O[C@H](COC(=O)CCC/C=C\C/C=C\C/C=C\C=C\C(=O)CCCCC)COP(=O)(O)OCCN. The summed E-state index contributed by atoms with van der Waals surface area (Å²) in [5, 5.41) is 0. The number of carbonyl (C=O) groups is 3. The number of phosphoric ester groups is 1. The van der Waals surface area contributed by atoms with Crippen molar-refractivity contribution in [2.75, 3.05) is 26.4 Å². The Morgan fingerprint density at radius 3 is 1.67 bits per heavy atom. The third kappa shape index (κ3) is 40.3. The van der Waals surface area contributed by atoms with Crippen LogP contribution in [0.15, 0.2) is 122 Å². The molecule has 11 heteroatoms. The smallest absolute Gasteiger partial charge is 0.462 e. The molecule has 0 heterocycles. The first-order valence-corrected chi connectivity index (χ1v) is 22.5. The number of nitrogens with two attached hydrogens (primary N) is 1. The Hall–Kier alpha value is -3.92. The van der Waals surface area contributed by atoms with Crippen LogP contribution < -0.4 is 5.73 Å². The van der Waals surface area contributed by atoms with E-state index in [1.165, 1.54) is 0 Å². The molecular formula is C47H72NO9P. The van der Waals surface area contributed by atoms with Crippen LogP contribution in [0.3, 0.4) is 0 Å². The first kappa shape index (κ1) is 54.1. The number of phosphoric acid groups is 1. The lowest BCUT2D eigenvalue weighted by Crippen LogP contribution is -2.29. The fourth-order valence-electron chi connectivity index (χ4n) is 4.72. The molecule has 10 nitrogen and oxygen atoms in total. The van der Waals surface area contributed by atoms with Crippen LogP contribution in [0.5, 0.6) is 0 Å². The van der Waals surface area contributed by atoms with Crippen LogP contribution in [-0.4, -0.2) is 55.1 Å². The highest BCUT2D eigenvalue weighted by Gasteiger charge is 2.25. The molecular weight excluding hydrogens is 753 g/mol. The molecule has 0 aromatic rings. The van der Waals surface area contributed by atoms with Gasteiger partial charge in [-0.25, -0.2) is 4.57 Å². The molecule has 0 amide bonds. The molecule has 1 unspecified atom stereocenters. The van der Waals surface area contributed by atoms with Gasteiger partial charge in [0, 0.05) is 25.8 Å². The van der Waals surface area contributed by atoms with E-state index in [0.717, 1.165) is 70.6 Å². The van der Waals surface area contributed by atoms with Gasteiger partial charge in [-0.2, -0.15) is 0 Å². The summed E-state index contributed by atoms with van der Waals surface area (Å²) < 4.78 is 32.6. The van der Waals surface area contributed by atoms with Crippen LogP contribution in [0.2, 0.25) is 0 Å². The zero-order valence-corrected chi connectivity index (χ0v) is 36.1. The van der Waals surface area contributed by atoms with E-state index in [1.807, 2.05) is 48.6 Å². The van der Waals surface area contributed by atoms with Crippen LogP contribution in [0, 0.1) is 0 Å². The summed E-state index contributed by atoms with van der Waals surface area (Å²) in [5.74, 6) is -0.880. The van der Waals surface area contributed by atoms with Gasteiger partial charge in [0.25, 0.3) is 0 Å². The van der Waals surface area contributed by atoms with E-state index in [1.54, 1.807) is 12.2 Å². The summed E-state index contributed by atoms with van der Waals surface area (Å²) in [4.78, 5) is 46.5. The third-order valence-corrected chi connectivity index (χ3v) is 8.81. The van der Waals surface area contributed by atoms with E-state index in [0.29, 0.717) is 25.7 Å². The molecule has 0 saturated heterocycles. The van der Waals surface area contributed by atoms with Crippen molar-refractivity contribution in [1.82, 2.24) is 0 Å². The van der Waals surface area contributed by atoms with E-state index in [-0.39, 0.29) is 38.4 Å². The molecule has 2 atom stereocenters. The Bertz CT molecular complexity index is 1420. The average Bonchev–Trinajstić information content (AvgIpc) is 3.20. The van der Waals surface area contributed by atoms with Crippen LogP contribution in [0.1, 0.15) is 123 Å². The molecule has 0 fully saturated rings. The van der Waals surface area contributed by atoms with Gasteiger partial charge in [-0.3, -0.25) is 23.4 Å². The maximum atomic E-state index is 12.5. The molecule has 0 aliphatic carbocycles. The first-order chi connectivity index (χ1) is 28.2. The van der Waals surface area contributed by atoms with E-state index in [2.05, 4.69) is 74.6 Å². The van der Waals surface area contributed by atoms with E-state index >= 15 is 0 Å². The van der Waals surface area contributed by atoms with Crippen molar-refractivity contribution < 1.29 is 42.4 Å². The lowest BCUT2D eigenvalue weighted by Gasteiger charge is -2.19. The summed E-state index contributed by atoms with van der Waals surface area (Å²) >= 11 is 0. The van der Waals surface area contributed by atoms with Gasteiger partial charge in [0.1, 0.15) is 6.61 Å². The van der Waals surface area contributed by atoms with Gasteiger partial charge < -0.3 is 20.1 Å². The molecule has 324 valence electrons. The Labute approximate surface area is 349 Å². The van der Waals surface area contributed by atoms with Crippen molar-refractivity contribution in [3.05, 3.63) is 122 Å². The Morgan fingerprint density at radius 2 is 1.12 bits per heavy atom. The van der Waals surface area contributed by atoms with Gasteiger partial charge in [-0.1, -0.05) is 142 Å². The quantitative estimate of drug-likeness (QED) is 0.0155. The molecule has 0 aliphatic heterocycles. The third-order valence-electron chi connectivity index (χ3n) is 7.82. The van der Waals surface area contributed by atoms with Crippen LogP contribution in [0.25, 0.3) is 0 Å². The minimum atomic E-state index is -4.43. The predicted molar refractivity (Wildman–Crippen MR) is 238 cm³/mol. The van der Waals surface area contributed by atoms with Crippen LogP contribution >= 0.6 is 7.82 Å². The van der Waals surface area contributed by atoms with E-state index in [9.17, 15) is 23.8 Å². The summed E-state index contributed by atoms with van der Waals surface area (Å²) in [5.41, 5.74) is 5.33. The zero-order valence-electron chi connectivity index (χ0n) is 35.2. The maximum Gasteiger partial charge on any atom is 0.472 e. The summed E-state index contributed by atoms with van der Waals surface area (Å²) in [7, 11) is -4.43. The molecule has 0 saturated carbocycles. The summed E-state index contributed by atoms with van der Waals surface area (Å²) in [6.07, 6.45) is 52.3. The zero-order chi connectivity index (χ0) is 42.6. The van der Waals surface area contributed by atoms with Gasteiger partial charge in [0.05, 0.1) is 13.2 Å². The highest BCUT2D eigenvalue weighted by molar-refractivity contribution is 7.47. The summed E-state index contributed by atoms with van der Waals surface area (Å²) in [6.45, 7) is 3.24. The maximum absolute atomic E-state index is 12.5. The van der Waals surface area contributed by atoms with Crippen LogP contribution in [0.4, 0.5) is 0 Å². The van der Waals surface area contributed by atoms with E-state index in [4.69, 9.17) is 24.3 Å². The molecule has 3 N–H and O–H groups in total. The molecule has 0 aliphatic rings. The van der Waals surface area contributed by atoms with Crippen molar-refractivity contribution >= 4 is 25.5 Å². The topological polar surface area (TPSA) is 151 Å². The lowest BCUT2D eigenvalue weighted by molar-refractivity contribution is -0.161. The lowest BCUT2D eigenvalue weighted by atomic mass is 10.1. The highest BCUT2D eigenvalue weighted by atomic mass is 31.2. The predicted octanol–water partition coefficient (Wildman–Crippen LogP) is 11.3. The highest BCUT2D eigenvalue weighted by Crippen LogP contribution is 2.43. The fourth-order valence-corrected chi connectivity index (χ4v) is 5.49. The fraction of sp³-hybridized carbons (Fsp3) is 0.511. The van der Waals surface area contributed by atoms with Gasteiger partial charge in [0.2, 0.25) is 0 Å². The second kappa shape index (κ2) is 41.2. The number of rotatable bonds is 37. The molecule has 0 aromatic heterocycles. The molecule has 0 bridgehead atoms. The first-order valence-electron chi connectivity index (χ1n) is 21.0. The monoisotopic (exact) mass is 825 g/mol. The molecule has 58 heavy (non-hydrogen) atoms. The second-order valence-electron chi connectivity index (χ2n) is 13.2. The van der Waals surface area contributed by atoms with Crippen molar-refractivity contribution in [3.63, 3.8) is 0 Å². The number of ketones is 1. The Kier molecular flexibility index (Phi) is 38.5. The van der Waals surface area contributed by atoms with E-state index < -0.39 is 32.5 Å². The van der Waals surface area contributed by atoms with Gasteiger partial charge in [-0.05, 0) is 83.1 Å². The van der Waals surface area contributed by atoms with Gasteiger partial charge in [0.15, 0.2) is 11.9 Å². The molecule has 0 spiro atoms. The largest absolute Gasteiger partial charge is 0.472 e. The number of carbonyl (C=O) groups excluding carboxylic acids is 3. The van der Waals surface area contributed by atoms with Crippen molar-refractivity contribution in [2.45, 2.75) is 129 Å².